The standard InChI is InChI=1S/C28H30N6O2/c1-20-24(27(35)31-22-13-16-33(17-14-22)19-21-8-4-3-5-9-21)18-30-34(20)28-29-15-12-25(32-28)23-10-6-7-11-26(23)36-2/h3-12,15,18,22H,13-14,16-17,19H2,1-2H3,(H,31,35). The van der Waals surface area contributed by atoms with Crippen molar-refractivity contribution in [3.8, 4) is 23.0 Å². The molecule has 1 aliphatic heterocycles. The molecule has 8 heteroatoms. The second-order valence-corrected chi connectivity index (χ2v) is 9.01. The molecule has 184 valence electrons. The lowest BCUT2D eigenvalue weighted by Crippen LogP contribution is -2.44. The smallest absolute Gasteiger partial charge is 0.254 e. The molecule has 4 aromatic rings. The van der Waals surface area contributed by atoms with Crippen LogP contribution < -0.4 is 10.1 Å². The fourth-order valence-corrected chi connectivity index (χ4v) is 4.63. The fourth-order valence-electron chi connectivity index (χ4n) is 4.63. The van der Waals surface area contributed by atoms with Crippen LogP contribution in [0.25, 0.3) is 17.2 Å². The van der Waals surface area contributed by atoms with Crippen LogP contribution in [-0.2, 0) is 6.54 Å². The lowest BCUT2D eigenvalue weighted by molar-refractivity contribution is 0.0908. The van der Waals surface area contributed by atoms with Crippen LogP contribution >= 0.6 is 0 Å². The van der Waals surface area contributed by atoms with E-state index in [2.05, 4.69) is 49.5 Å². The normalized spacial score (nSPS) is 14.5. The lowest BCUT2D eigenvalue weighted by Gasteiger charge is -2.32. The zero-order chi connectivity index (χ0) is 24.9. The van der Waals surface area contributed by atoms with Crippen molar-refractivity contribution in [2.24, 2.45) is 0 Å². The molecule has 8 nitrogen and oxygen atoms in total. The first-order valence-corrected chi connectivity index (χ1v) is 12.2. The summed E-state index contributed by atoms with van der Waals surface area (Å²) < 4.78 is 7.08. The van der Waals surface area contributed by atoms with Crippen molar-refractivity contribution in [1.82, 2.24) is 30.0 Å². The van der Waals surface area contributed by atoms with Crippen molar-refractivity contribution in [3.05, 3.63) is 89.9 Å². The summed E-state index contributed by atoms with van der Waals surface area (Å²) in [6, 6.07) is 20.2. The number of amides is 1. The highest BCUT2D eigenvalue weighted by atomic mass is 16.5. The molecule has 1 amide bonds. The number of aromatic nitrogens is 4. The summed E-state index contributed by atoms with van der Waals surface area (Å²) in [6.45, 7) is 4.73. The number of methoxy groups -OCH3 is 1. The Hall–Kier alpha value is -4.04. The van der Waals surface area contributed by atoms with Gasteiger partial charge in [0.05, 0.1) is 30.3 Å². The molecule has 0 aliphatic carbocycles. The second-order valence-electron chi connectivity index (χ2n) is 9.01. The van der Waals surface area contributed by atoms with Gasteiger partial charge in [0, 0.05) is 37.4 Å². The van der Waals surface area contributed by atoms with Gasteiger partial charge in [-0.05, 0) is 43.5 Å². The highest BCUT2D eigenvalue weighted by Gasteiger charge is 2.23. The van der Waals surface area contributed by atoms with Crippen LogP contribution in [-0.4, -0.2) is 56.8 Å². The Balaban J connectivity index is 1.25. The van der Waals surface area contributed by atoms with E-state index in [1.165, 1.54) is 5.56 Å². The summed E-state index contributed by atoms with van der Waals surface area (Å²) in [6.07, 6.45) is 5.13. The summed E-state index contributed by atoms with van der Waals surface area (Å²) in [7, 11) is 1.64. The molecule has 1 fully saturated rings. The van der Waals surface area contributed by atoms with Gasteiger partial charge in [-0.1, -0.05) is 42.5 Å². The van der Waals surface area contributed by atoms with Crippen LogP contribution in [0, 0.1) is 6.92 Å². The summed E-state index contributed by atoms with van der Waals surface area (Å²) >= 11 is 0. The fraction of sp³-hybridized carbons (Fsp3) is 0.286. The number of carbonyl (C=O) groups is 1. The van der Waals surface area contributed by atoms with Gasteiger partial charge >= 0.3 is 0 Å². The molecule has 2 aromatic heterocycles. The summed E-state index contributed by atoms with van der Waals surface area (Å²) in [5.41, 5.74) is 4.14. The zero-order valence-corrected chi connectivity index (χ0v) is 20.6. The van der Waals surface area contributed by atoms with Crippen molar-refractivity contribution >= 4 is 5.91 Å². The van der Waals surface area contributed by atoms with Gasteiger partial charge in [-0.3, -0.25) is 9.69 Å². The van der Waals surface area contributed by atoms with E-state index < -0.39 is 0 Å². The molecule has 0 radical (unpaired) electrons. The van der Waals surface area contributed by atoms with Crippen molar-refractivity contribution in [1.29, 1.82) is 0 Å². The predicted molar refractivity (Wildman–Crippen MR) is 138 cm³/mol. The highest BCUT2D eigenvalue weighted by molar-refractivity contribution is 5.95. The molecular formula is C28H30N6O2. The van der Waals surface area contributed by atoms with E-state index in [-0.39, 0.29) is 11.9 Å². The number of likely N-dealkylation sites (tertiary alicyclic amines) is 1. The quantitative estimate of drug-likeness (QED) is 0.428. The maximum atomic E-state index is 13.1. The predicted octanol–water partition coefficient (Wildman–Crippen LogP) is 4.04. The Bertz CT molecular complexity index is 1330. The van der Waals surface area contributed by atoms with E-state index in [0.717, 1.165) is 49.5 Å². The van der Waals surface area contributed by atoms with Crippen LogP contribution in [0.4, 0.5) is 0 Å². The van der Waals surface area contributed by atoms with Crippen molar-refractivity contribution < 1.29 is 9.53 Å². The maximum absolute atomic E-state index is 13.1. The number of carbonyl (C=O) groups excluding carboxylic acids is 1. The molecule has 1 aliphatic rings. The number of rotatable bonds is 7. The lowest BCUT2D eigenvalue weighted by atomic mass is 10.0. The van der Waals surface area contributed by atoms with E-state index >= 15 is 0 Å². The van der Waals surface area contributed by atoms with Gasteiger partial charge in [0.15, 0.2) is 0 Å². The molecular weight excluding hydrogens is 452 g/mol. The minimum absolute atomic E-state index is 0.110. The summed E-state index contributed by atoms with van der Waals surface area (Å²) in [5.74, 6) is 1.03. The number of benzene rings is 2. The van der Waals surface area contributed by atoms with Gasteiger partial charge < -0.3 is 10.1 Å². The van der Waals surface area contributed by atoms with E-state index in [9.17, 15) is 4.79 Å². The number of hydrogen-bond donors (Lipinski definition) is 1. The number of hydrogen-bond acceptors (Lipinski definition) is 6. The molecule has 0 bridgehead atoms. The van der Waals surface area contributed by atoms with E-state index in [4.69, 9.17) is 4.74 Å². The Morgan fingerprint density at radius 1 is 1.06 bits per heavy atom. The molecule has 0 spiro atoms. The maximum Gasteiger partial charge on any atom is 0.254 e. The number of nitrogens with one attached hydrogen (secondary N) is 1. The third-order valence-electron chi connectivity index (χ3n) is 6.64. The second kappa shape index (κ2) is 10.7. The monoisotopic (exact) mass is 482 g/mol. The zero-order valence-electron chi connectivity index (χ0n) is 20.6. The Morgan fingerprint density at radius 2 is 1.81 bits per heavy atom. The molecule has 3 heterocycles. The van der Waals surface area contributed by atoms with Gasteiger partial charge in [0.25, 0.3) is 11.9 Å². The number of nitrogens with zero attached hydrogens (tertiary/aromatic N) is 5. The first kappa shape index (κ1) is 23.7. The van der Waals surface area contributed by atoms with Gasteiger partial charge in [0.1, 0.15) is 5.75 Å². The molecule has 2 aromatic carbocycles. The first-order valence-electron chi connectivity index (χ1n) is 12.2. The van der Waals surface area contributed by atoms with E-state index in [1.807, 2.05) is 43.3 Å². The van der Waals surface area contributed by atoms with Crippen LogP contribution in [0.3, 0.4) is 0 Å². The molecule has 1 saturated heterocycles. The summed E-state index contributed by atoms with van der Waals surface area (Å²) in [4.78, 5) is 24.6. The number of ether oxygens (including phenoxy) is 1. The first-order chi connectivity index (χ1) is 17.6. The Labute approximate surface area is 211 Å². The average molecular weight is 483 g/mol. The van der Waals surface area contributed by atoms with Gasteiger partial charge in [-0.15, -0.1) is 0 Å². The van der Waals surface area contributed by atoms with Gasteiger partial charge in [-0.25, -0.2) is 14.6 Å². The minimum Gasteiger partial charge on any atom is -0.496 e. The molecule has 0 unspecified atom stereocenters. The SMILES string of the molecule is COc1ccccc1-c1ccnc(-n2ncc(C(=O)NC3CCN(Cc4ccccc4)CC3)c2C)n1. The largest absolute Gasteiger partial charge is 0.496 e. The van der Waals surface area contributed by atoms with Crippen LogP contribution in [0.1, 0.15) is 34.5 Å². The molecule has 0 atom stereocenters. The minimum atomic E-state index is -0.110. The van der Waals surface area contributed by atoms with Crippen molar-refractivity contribution in [3.63, 3.8) is 0 Å². The molecule has 0 saturated carbocycles. The third-order valence-corrected chi connectivity index (χ3v) is 6.64. The number of para-hydroxylation sites is 1. The van der Waals surface area contributed by atoms with Gasteiger partial charge in [0.2, 0.25) is 0 Å². The summed E-state index contributed by atoms with van der Waals surface area (Å²) in [5, 5.41) is 7.63. The molecule has 5 rings (SSSR count). The van der Waals surface area contributed by atoms with E-state index in [0.29, 0.717) is 17.2 Å². The molecule has 36 heavy (non-hydrogen) atoms. The average Bonchev–Trinajstić information content (AvgIpc) is 3.32. The highest BCUT2D eigenvalue weighted by Crippen LogP contribution is 2.28. The van der Waals surface area contributed by atoms with Gasteiger partial charge in [-0.2, -0.15) is 5.10 Å². The topological polar surface area (TPSA) is 85.2 Å². The van der Waals surface area contributed by atoms with Crippen LogP contribution in [0.5, 0.6) is 5.75 Å². The Morgan fingerprint density at radius 3 is 2.58 bits per heavy atom. The van der Waals surface area contributed by atoms with Crippen molar-refractivity contribution in [2.45, 2.75) is 32.4 Å². The molecule has 1 N–H and O–H groups in total. The van der Waals surface area contributed by atoms with Crippen molar-refractivity contribution in [2.75, 3.05) is 20.2 Å². The van der Waals surface area contributed by atoms with Crippen LogP contribution in [0.2, 0.25) is 0 Å². The van der Waals surface area contributed by atoms with E-state index in [1.54, 1.807) is 24.2 Å². The Kier molecular flexibility index (Phi) is 7.04. The number of piperidine rings is 1. The van der Waals surface area contributed by atoms with Crippen LogP contribution in [0.15, 0.2) is 73.1 Å². The third kappa shape index (κ3) is 5.13.